The zero-order chi connectivity index (χ0) is 19.3. The Balaban J connectivity index is 1.96. The molecule has 0 fully saturated rings. The minimum atomic E-state index is -0.588. The quantitative estimate of drug-likeness (QED) is 0.552. The highest BCUT2D eigenvalue weighted by Crippen LogP contribution is 2.32. The zero-order valence-electron chi connectivity index (χ0n) is 14.7. The molecule has 2 aromatic rings. The minimum Gasteiger partial charge on any atom is -0.487 e. The van der Waals surface area contributed by atoms with E-state index in [9.17, 15) is 9.59 Å². The Labute approximate surface area is 161 Å². The monoisotopic (exact) mass is 399 g/mol. The van der Waals surface area contributed by atoms with Gasteiger partial charge in [-0.25, -0.2) is 9.59 Å². The predicted octanol–water partition coefficient (Wildman–Crippen LogP) is 4.35. The molecular weight excluding hydrogens is 381 g/mol. The number of aromatic nitrogens is 1. The van der Waals surface area contributed by atoms with Crippen LogP contribution in [0.3, 0.4) is 0 Å². The van der Waals surface area contributed by atoms with E-state index in [2.05, 4.69) is 4.98 Å². The molecule has 140 valence electrons. The first-order chi connectivity index (χ1) is 12.4. The minimum absolute atomic E-state index is 0.00731. The summed E-state index contributed by atoms with van der Waals surface area (Å²) in [4.78, 5) is 27.1. The van der Waals surface area contributed by atoms with Crippen LogP contribution < -0.4 is 4.74 Å². The summed E-state index contributed by atoms with van der Waals surface area (Å²) in [6.07, 6.45) is 0. The summed E-state index contributed by atoms with van der Waals surface area (Å²) < 4.78 is 15.6. The van der Waals surface area contributed by atoms with Crippen molar-refractivity contribution < 1.29 is 23.8 Å². The van der Waals surface area contributed by atoms with Gasteiger partial charge in [-0.15, -0.1) is 0 Å². The van der Waals surface area contributed by atoms with E-state index in [4.69, 9.17) is 37.4 Å². The Hall–Kier alpha value is -2.18. The van der Waals surface area contributed by atoms with Crippen LogP contribution in [0.5, 0.6) is 5.75 Å². The molecule has 1 heterocycles. The number of para-hydroxylation sites is 1. The van der Waals surface area contributed by atoms with Crippen molar-refractivity contribution >= 4 is 35.1 Å². The van der Waals surface area contributed by atoms with Crippen molar-refractivity contribution in [3.8, 4) is 5.75 Å². The van der Waals surface area contributed by atoms with Crippen molar-refractivity contribution in [1.82, 2.24) is 4.98 Å². The van der Waals surface area contributed by atoms with Crippen LogP contribution in [-0.2, 0) is 9.47 Å². The number of carbonyl (C=O) groups excluding carboxylic acids is 2. The molecule has 0 radical (unpaired) electrons. The molecule has 1 aromatic carbocycles. The molecule has 6 nitrogen and oxygen atoms in total. The lowest BCUT2D eigenvalue weighted by atomic mass is 10.1. The van der Waals surface area contributed by atoms with E-state index >= 15 is 0 Å². The molecule has 2 rings (SSSR count). The van der Waals surface area contributed by atoms with Gasteiger partial charge in [0.25, 0.3) is 0 Å². The molecule has 0 spiro atoms. The normalized spacial score (nSPS) is 10.5. The summed E-state index contributed by atoms with van der Waals surface area (Å²) in [6.45, 7) is 5.40. The van der Waals surface area contributed by atoms with Gasteiger partial charge in [0.05, 0.1) is 22.2 Å². The zero-order valence-corrected chi connectivity index (χ0v) is 16.2. The summed E-state index contributed by atoms with van der Waals surface area (Å²) in [5.41, 5.74) is 1.59. The Morgan fingerprint density at radius 2 is 1.69 bits per heavy atom. The van der Waals surface area contributed by atoms with Gasteiger partial charge < -0.3 is 19.2 Å². The first-order valence-corrected chi connectivity index (χ1v) is 8.72. The maximum Gasteiger partial charge on any atom is 0.355 e. The molecular formula is C18H19Cl2NO5. The molecule has 0 amide bonds. The van der Waals surface area contributed by atoms with Crippen molar-refractivity contribution in [2.75, 3.05) is 19.8 Å². The van der Waals surface area contributed by atoms with E-state index in [0.29, 0.717) is 32.6 Å². The first kappa shape index (κ1) is 20.1. The average Bonchev–Trinajstić information content (AvgIpc) is 2.88. The predicted molar refractivity (Wildman–Crippen MR) is 98.5 cm³/mol. The second-order valence-corrected chi connectivity index (χ2v) is 6.20. The van der Waals surface area contributed by atoms with Gasteiger partial charge in [-0.2, -0.15) is 0 Å². The lowest BCUT2D eigenvalue weighted by molar-refractivity contribution is 0.0443. The fourth-order valence-corrected chi connectivity index (χ4v) is 2.94. The Morgan fingerprint density at radius 1 is 1.04 bits per heavy atom. The van der Waals surface area contributed by atoms with Crippen molar-refractivity contribution in [1.29, 1.82) is 0 Å². The number of esters is 2. The number of nitrogens with one attached hydrogen (secondary N) is 1. The maximum atomic E-state index is 12.2. The van der Waals surface area contributed by atoms with Crippen LogP contribution >= 0.6 is 23.2 Å². The second-order valence-electron chi connectivity index (χ2n) is 5.38. The molecule has 8 heteroatoms. The highest BCUT2D eigenvalue weighted by molar-refractivity contribution is 6.37. The summed E-state index contributed by atoms with van der Waals surface area (Å²) in [7, 11) is 0. The summed E-state index contributed by atoms with van der Waals surface area (Å²) in [5.74, 6) is -0.729. The first-order valence-electron chi connectivity index (χ1n) is 7.97. The van der Waals surface area contributed by atoms with Gasteiger partial charge in [0.15, 0.2) is 5.75 Å². The largest absolute Gasteiger partial charge is 0.487 e. The van der Waals surface area contributed by atoms with E-state index in [-0.39, 0.29) is 25.5 Å². The maximum absolute atomic E-state index is 12.2. The standard InChI is InChI=1S/C18H19Cl2NO5/c1-4-24-17(22)14-10(2)15(21-11(14)3)18(23)26-9-8-25-16-12(19)6-5-7-13(16)20/h5-7,21H,4,8-9H2,1-3H3. The number of benzene rings is 1. The van der Waals surface area contributed by atoms with Crippen LogP contribution in [0.15, 0.2) is 18.2 Å². The number of hydrogen-bond acceptors (Lipinski definition) is 5. The van der Waals surface area contributed by atoms with E-state index in [1.807, 2.05) is 0 Å². The lowest BCUT2D eigenvalue weighted by Crippen LogP contribution is -2.14. The smallest absolute Gasteiger partial charge is 0.355 e. The summed E-state index contributed by atoms with van der Waals surface area (Å²) in [6, 6.07) is 5.00. The molecule has 0 saturated carbocycles. The number of hydrogen-bond donors (Lipinski definition) is 1. The molecule has 0 atom stereocenters. The van der Waals surface area contributed by atoms with E-state index < -0.39 is 11.9 Å². The van der Waals surface area contributed by atoms with Crippen molar-refractivity contribution in [3.05, 3.63) is 50.8 Å². The number of H-pyrrole nitrogens is 1. The number of aromatic amines is 1. The molecule has 0 aliphatic heterocycles. The van der Waals surface area contributed by atoms with Crippen molar-refractivity contribution in [2.45, 2.75) is 20.8 Å². The van der Waals surface area contributed by atoms with E-state index in [1.165, 1.54) is 0 Å². The third kappa shape index (κ3) is 4.51. The van der Waals surface area contributed by atoms with Crippen molar-refractivity contribution in [3.63, 3.8) is 0 Å². The van der Waals surface area contributed by atoms with Crippen LogP contribution in [-0.4, -0.2) is 36.7 Å². The molecule has 1 aromatic heterocycles. The van der Waals surface area contributed by atoms with Gasteiger partial charge in [0, 0.05) is 5.69 Å². The Kier molecular flexibility index (Phi) is 6.94. The fourth-order valence-electron chi connectivity index (χ4n) is 2.43. The fraction of sp³-hybridized carbons (Fsp3) is 0.333. The van der Waals surface area contributed by atoms with E-state index in [1.54, 1.807) is 39.0 Å². The second kappa shape index (κ2) is 8.96. The molecule has 1 N–H and O–H groups in total. The SMILES string of the molecule is CCOC(=O)c1c(C)[nH]c(C(=O)OCCOc2c(Cl)cccc2Cl)c1C. The van der Waals surface area contributed by atoms with Gasteiger partial charge in [-0.1, -0.05) is 29.3 Å². The van der Waals surface area contributed by atoms with E-state index in [0.717, 1.165) is 0 Å². The number of rotatable bonds is 7. The Morgan fingerprint density at radius 3 is 2.31 bits per heavy atom. The molecule has 0 bridgehead atoms. The van der Waals surface area contributed by atoms with Crippen LogP contribution in [0.2, 0.25) is 10.0 Å². The molecule has 26 heavy (non-hydrogen) atoms. The number of carbonyl (C=O) groups is 2. The summed E-state index contributed by atoms with van der Waals surface area (Å²) >= 11 is 12.0. The van der Waals surface area contributed by atoms with Gasteiger partial charge in [0.2, 0.25) is 0 Å². The molecule has 0 unspecified atom stereocenters. The third-order valence-electron chi connectivity index (χ3n) is 3.60. The lowest BCUT2D eigenvalue weighted by Gasteiger charge is -2.10. The summed E-state index contributed by atoms with van der Waals surface area (Å²) in [5, 5.41) is 0.748. The van der Waals surface area contributed by atoms with Gasteiger partial charge in [-0.05, 0) is 38.5 Å². The molecule has 0 aliphatic carbocycles. The van der Waals surface area contributed by atoms with Crippen LogP contribution in [0.4, 0.5) is 0 Å². The Bertz CT molecular complexity index is 796. The number of ether oxygens (including phenoxy) is 3. The van der Waals surface area contributed by atoms with Crippen LogP contribution in [0.25, 0.3) is 0 Å². The van der Waals surface area contributed by atoms with Gasteiger partial charge in [-0.3, -0.25) is 0 Å². The average molecular weight is 400 g/mol. The highest BCUT2D eigenvalue weighted by Gasteiger charge is 2.23. The third-order valence-corrected chi connectivity index (χ3v) is 4.20. The molecule has 0 saturated heterocycles. The van der Waals surface area contributed by atoms with Crippen LogP contribution in [0.1, 0.15) is 39.0 Å². The highest BCUT2D eigenvalue weighted by atomic mass is 35.5. The topological polar surface area (TPSA) is 77.6 Å². The van der Waals surface area contributed by atoms with Crippen LogP contribution in [0, 0.1) is 13.8 Å². The van der Waals surface area contributed by atoms with Crippen molar-refractivity contribution in [2.24, 2.45) is 0 Å². The number of aryl methyl sites for hydroxylation is 1. The van der Waals surface area contributed by atoms with Gasteiger partial charge >= 0.3 is 11.9 Å². The van der Waals surface area contributed by atoms with Gasteiger partial charge in [0.1, 0.15) is 18.9 Å². The number of halogens is 2. The molecule has 0 aliphatic rings.